The lowest BCUT2D eigenvalue weighted by atomic mass is 10.2. The maximum absolute atomic E-state index is 12.1. The summed E-state index contributed by atoms with van der Waals surface area (Å²) >= 11 is 5.87. The number of aromatic nitrogens is 2. The average molecular weight is 311 g/mol. The van der Waals surface area contributed by atoms with Gasteiger partial charge in [-0.1, -0.05) is 11.6 Å². The summed E-state index contributed by atoms with van der Waals surface area (Å²) in [6.07, 6.45) is 3.35. The van der Waals surface area contributed by atoms with Gasteiger partial charge in [-0.25, -0.2) is 13.1 Å². The molecule has 0 spiro atoms. The van der Waals surface area contributed by atoms with Crippen LogP contribution in [0.4, 0.5) is 0 Å². The smallest absolute Gasteiger partial charge is 0.242 e. The highest BCUT2D eigenvalue weighted by Gasteiger charge is 2.18. The number of hydrogen-bond acceptors (Lipinski definition) is 4. The van der Waals surface area contributed by atoms with Crippen molar-refractivity contribution in [1.29, 1.82) is 5.26 Å². The molecular formula is C12H11ClN4O2S. The highest BCUT2D eigenvalue weighted by atomic mass is 35.5. The van der Waals surface area contributed by atoms with Crippen molar-refractivity contribution in [3.63, 3.8) is 0 Å². The molecule has 20 heavy (non-hydrogen) atoms. The zero-order chi connectivity index (χ0) is 14.6. The van der Waals surface area contributed by atoms with Crippen molar-refractivity contribution >= 4 is 21.6 Å². The Kier molecular flexibility index (Phi) is 4.39. The van der Waals surface area contributed by atoms with Gasteiger partial charge in [-0.3, -0.25) is 4.68 Å². The fourth-order valence-electron chi connectivity index (χ4n) is 1.58. The highest BCUT2D eigenvalue weighted by molar-refractivity contribution is 7.89. The van der Waals surface area contributed by atoms with Gasteiger partial charge in [0.1, 0.15) is 4.90 Å². The summed E-state index contributed by atoms with van der Waals surface area (Å²) < 4.78 is 28.3. The lowest BCUT2D eigenvalue weighted by molar-refractivity contribution is 0.561. The van der Waals surface area contributed by atoms with Gasteiger partial charge in [-0.05, 0) is 24.3 Å². The molecule has 2 aromatic rings. The number of nitriles is 1. The van der Waals surface area contributed by atoms with E-state index in [1.807, 2.05) is 6.07 Å². The van der Waals surface area contributed by atoms with Crippen LogP contribution in [0.1, 0.15) is 5.56 Å². The normalized spacial score (nSPS) is 11.2. The zero-order valence-electron chi connectivity index (χ0n) is 10.3. The van der Waals surface area contributed by atoms with E-state index in [-0.39, 0.29) is 22.0 Å². The van der Waals surface area contributed by atoms with Crippen LogP contribution in [0.5, 0.6) is 0 Å². The Morgan fingerprint density at radius 3 is 2.90 bits per heavy atom. The van der Waals surface area contributed by atoms with Crippen LogP contribution in [-0.4, -0.2) is 24.7 Å². The van der Waals surface area contributed by atoms with E-state index in [4.69, 9.17) is 16.9 Å². The molecule has 2 rings (SSSR count). The number of nitrogens with zero attached hydrogens (tertiary/aromatic N) is 3. The molecule has 1 N–H and O–H groups in total. The van der Waals surface area contributed by atoms with E-state index < -0.39 is 10.0 Å². The number of benzene rings is 1. The molecule has 1 aromatic carbocycles. The van der Waals surface area contributed by atoms with E-state index in [0.29, 0.717) is 6.54 Å². The first kappa shape index (κ1) is 14.5. The molecule has 0 atom stereocenters. The van der Waals surface area contributed by atoms with Gasteiger partial charge in [-0.15, -0.1) is 0 Å². The number of nitrogens with one attached hydrogen (secondary N) is 1. The van der Waals surface area contributed by atoms with Gasteiger partial charge < -0.3 is 0 Å². The predicted octanol–water partition coefficient (Wildman–Crippen LogP) is 1.39. The molecule has 8 heteroatoms. The molecule has 0 saturated heterocycles. The van der Waals surface area contributed by atoms with Crippen LogP contribution < -0.4 is 4.72 Å². The molecule has 0 aliphatic rings. The van der Waals surface area contributed by atoms with Crippen LogP contribution in [0.15, 0.2) is 41.6 Å². The summed E-state index contributed by atoms with van der Waals surface area (Å²) in [5.41, 5.74) is 0.238. The minimum absolute atomic E-state index is 0.0792. The number of hydrogen-bond donors (Lipinski definition) is 1. The molecule has 0 saturated carbocycles. The summed E-state index contributed by atoms with van der Waals surface area (Å²) in [6, 6.07) is 7.73. The standard InChI is InChI=1S/C12H11ClN4O2S/c13-11-3-2-10(9-14)8-12(11)20(18,19)16-5-7-17-6-1-4-15-17/h1-4,6,8,16H,5,7H2. The van der Waals surface area contributed by atoms with E-state index in [1.165, 1.54) is 18.2 Å². The lowest BCUT2D eigenvalue weighted by Crippen LogP contribution is -2.27. The van der Waals surface area contributed by atoms with E-state index >= 15 is 0 Å². The molecule has 0 aliphatic carbocycles. The largest absolute Gasteiger partial charge is 0.271 e. The lowest BCUT2D eigenvalue weighted by Gasteiger charge is -2.08. The molecule has 0 radical (unpaired) electrons. The third-order valence-electron chi connectivity index (χ3n) is 2.54. The van der Waals surface area contributed by atoms with Crippen LogP contribution in [0.25, 0.3) is 0 Å². The van der Waals surface area contributed by atoms with Crippen molar-refractivity contribution in [2.75, 3.05) is 6.54 Å². The Morgan fingerprint density at radius 2 is 2.25 bits per heavy atom. The molecule has 0 bridgehead atoms. The Labute approximate surface area is 121 Å². The summed E-state index contributed by atoms with van der Waals surface area (Å²) in [4.78, 5) is -0.0984. The average Bonchev–Trinajstić information content (AvgIpc) is 2.92. The van der Waals surface area contributed by atoms with Crippen molar-refractivity contribution in [3.8, 4) is 6.07 Å². The van der Waals surface area contributed by atoms with Gasteiger partial charge in [0.15, 0.2) is 0 Å². The van der Waals surface area contributed by atoms with Crippen molar-refractivity contribution in [3.05, 3.63) is 47.2 Å². The summed E-state index contributed by atoms with van der Waals surface area (Å²) in [7, 11) is -3.75. The van der Waals surface area contributed by atoms with Crippen molar-refractivity contribution in [2.45, 2.75) is 11.4 Å². The van der Waals surface area contributed by atoms with Crippen LogP contribution in [0, 0.1) is 11.3 Å². The number of halogens is 1. The van der Waals surface area contributed by atoms with Crippen LogP contribution in [0.3, 0.4) is 0 Å². The second-order valence-corrected chi connectivity index (χ2v) is 6.07. The van der Waals surface area contributed by atoms with Gasteiger partial charge in [0.05, 0.1) is 23.2 Å². The first-order chi connectivity index (χ1) is 9.53. The summed E-state index contributed by atoms with van der Waals surface area (Å²) in [5.74, 6) is 0. The molecule has 0 aliphatic heterocycles. The van der Waals surface area contributed by atoms with Crippen molar-refractivity contribution in [1.82, 2.24) is 14.5 Å². The monoisotopic (exact) mass is 310 g/mol. The molecule has 0 amide bonds. The fraction of sp³-hybridized carbons (Fsp3) is 0.167. The SMILES string of the molecule is N#Cc1ccc(Cl)c(S(=O)(=O)NCCn2cccn2)c1. The highest BCUT2D eigenvalue weighted by Crippen LogP contribution is 2.22. The van der Waals surface area contributed by atoms with Gasteiger partial charge in [0.2, 0.25) is 10.0 Å². The quantitative estimate of drug-likeness (QED) is 0.904. The Hall–Kier alpha value is -1.88. The van der Waals surface area contributed by atoms with Crippen LogP contribution in [-0.2, 0) is 16.6 Å². The zero-order valence-corrected chi connectivity index (χ0v) is 11.9. The molecule has 0 fully saturated rings. The van der Waals surface area contributed by atoms with Gasteiger partial charge in [-0.2, -0.15) is 10.4 Å². The topological polar surface area (TPSA) is 87.8 Å². The summed E-state index contributed by atoms with van der Waals surface area (Å²) in [5, 5.41) is 12.8. The van der Waals surface area contributed by atoms with E-state index in [1.54, 1.807) is 23.1 Å². The third-order valence-corrected chi connectivity index (χ3v) is 4.48. The van der Waals surface area contributed by atoms with E-state index in [9.17, 15) is 8.42 Å². The minimum atomic E-state index is -3.75. The minimum Gasteiger partial charge on any atom is -0.271 e. The van der Waals surface area contributed by atoms with Gasteiger partial charge in [0.25, 0.3) is 0 Å². The van der Waals surface area contributed by atoms with Crippen LogP contribution >= 0.6 is 11.6 Å². The molecule has 1 heterocycles. The number of rotatable bonds is 5. The molecule has 1 aromatic heterocycles. The maximum atomic E-state index is 12.1. The van der Waals surface area contributed by atoms with Crippen molar-refractivity contribution < 1.29 is 8.42 Å². The first-order valence-electron chi connectivity index (χ1n) is 5.70. The van der Waals surface area contributed by atoms with Crippen molar-refractivity contribution in [2.24, 2.45) is 0 Å². The number of sulfonamides is 1. The molecule has 104 valence electrons. The van der Waals surface area contributed by atoms with E-state index in [2.05, 4.69) is 9.82 Å². The second-order valence-electron chi connectivity index (χ2n) is 3.92. The Morgan fingerprint density at radius 1 is 1.45 bits per heavy atom. The Balaban J connectivity index is 2.12. The Bertz CT molecular complexity index is 735. The second kappa shape index (κ2) is 6.05. The summed E-state index contributed by atoms with van der Waals surface area (Å²) in [6.45, 7) is 0.582. The molecule has 6 nitrogen and oxygen atoms in total. The molecule has 0 unspecified atom stereocenters. The predicted molar refractivity (Wildman–Crippen MR) is 73.6 cm³/mol. The van der Waals surface area contributed by atoms with Crippen LogP contribution in [0.2, 0.25) is 5.02 Å². The third kappa shape index (κ3) is 3.36. The van der Waals surface area contributed by atoms with E-state index in [0.717, 1.165) is 0 Å². The first-order valence-corrected chi connectivity index (χ1v) is 7.56. The maximum Gasteiger partial charge on any atom is 0.242 e. The molecular weight excluding hydrogens is 300 g/mol. The van der Waals surface area contributed by atoms with Gasteiger partial charge in [0, 0.05) is 18.9 Å². The van der Waals surface area contributed by atoms with Gasteiger partial charge >= 0.3 is 0 Å². The fourth-order valence-corrected chi connectivity index (χ4v) is 3.13.